The zero-order valence-corrected chi connectivity index (χ0v) is 12.0. The van der Waals surface area contributed by atoms with Crippen LogP contribution in [0.5, 0.6) is 0 Å². The Hall–Kier alpha value is -0.860. The second-order valence-corrected chi connectivity index (χ2v) is 6.75. The maximum Gasteiger partial charge on any atom is 0.220 e. The molecule has 1 fully saturated rings. The molecule has 104 valence electrons. The number of nitrogens with one attached hydrogen (secondary N) is 1. The zero-order valence-electron chi connectivity index (χ0n) is 12.0. The van der Waals surface area contributed by atoms with Crippen molar-refractivity contribution < 1.29 is 9.59 Å². The summed E-state index contributed by atoms with van der Waals surface area (Å²) in [5.41, 5.74) is 0.221. The maximum atomic E-state index is 11.8. The summed E-state index contributed by atoms with van der Waals surface area (Å²) >= 11 is 0. The molecule has 0 saturated heterocycles. The van der Waals surface area contributed by atoms with Crippen LogP contribution in [0.2, 0.25) is 0 Å². The Morgan fingerprint density at radius 1 is 1.22 bits per heavy atom. The highest BCUT2D eigenvalue weighted by molar-refractivity contribution is 5.76. The van der Waals surface area contributed by atoms with Crippen molar-refractivity contribution in [3.63, 3.8) is 0 Å². The van der Waals surface area contributed by atoms with Crippen molar-refractivity contribution in [1.29, 1.82) is 0 Å². The molecule has 1 aliphatic rings. The third kappa shape index (κ3) is 6.18. The standard InChI is InChI=1S/C15H27NO2/c1-15(2,3)10-8-14(18)16-13-6-4-12(5-7-13)9-11-17/h11-13H,4-10H2,1-3H3,(H,16,18). The van der Waals surface area contributed by atoms with E-state index in [9.17, 15) is 9.59 Å². The second kappa shape index (κ2) is 6.91. The molecule has 0 aromatic heterocycles. The number of carbonyl (C=O) groups is 2. The van der Waals surface area contributed by atoms with Gasteiger partial charge in [0.05, 0.1) is 0 Å². The van der Waals surface area contributed by atoms with Gasteiger partial charge in [-0.05, 0) is 43.4 Å². The molecule has 0 bridgehead atoms. The van der Waals surface area contributed by atoms with Gasteiger partial charge in [0.25, 0.3) is 0 Å². The van der Waals surface area contributed by atoms with E-state index < -0.39 is 0 Å². The molecule has 3 nitrogen and oxygen atoms in total. The molecular weight excluding hydrogens is 226 g/mol. The van der Waals surface area contributed by atoms with Gasteiger partial charge in [-0.25, -0.2) is 0 Å². The normalized spacial score (nSPS) is 24.6. The third-order valence-electron chi connectivity index (χ3n) is 3.74. The fourth-order valence-corrected chi connectivity index (χ4v) is 2.47. The highest BCUT2D eigenvalue weighted by atomic mass is 16.1. The van der Waals surface area contributed by atoms with Gasteiger partial charge in [-0.1, -0.05) is 20.8 Å². The summed E-state index contributed by atoms with van der Waals surface area (Å²) in [4.78, 5) is 22.2. The number of aldehydes is 1. The van der Waals surface area contributed by atoms with Crippen molar-refractivity contribution in [2.45, 2.75) is 71.8 Å². The molecule has 3 heteroatoms. The molecule has 0 atom stereocenters. The largest absolute Gasteiger partial charge is 0.353 e. The van der Waals surface area contributed by atoms with E-state index in [2.05, 4.69) is 26.1 Å². The lowest BCUT2D eigenvalue weighted by Crippen LogP contribution is -2.37. The van der Waals surface area contributed by atoms with Gasteiger partial charge in [0.2, 0.25) is 5.91 Å². The van der Waals surface area contributed by atoms with Crippen molar-refractivity contribution in [3.8, 4) is 0 Å². The van der Waals surface area contributed by atoms with E-state index >= 15 is 0 Å². The Morgan fingerprint density at radius 2 is 1.83 bits per heavy atom. The first kappa shape index (κ1) is 15.2. The van der Waals surface area contributed by atoms with E-state index in [1.165, 1.54) is 0 Å². The molecule has 1 aliphatic carbocycles. The minimum atomic E-state index is 0.184. The summed E-state index contributed by atoms with van der Waals surface area (Å²) in [6.07, 6.45) is 7.46. The summed E-state index contributed by atoms with van der Waals surface area (Å²) in [6, 6.07) is 0.334. The van der Waals surface area contributed by atoms with Crippen molar-refractivity contribution in [2.75, 3.05) is 0 Å². The lowest BCUT2D eigenvalue weighted by molar-refractivity contribution is -0.122. The van der Waals surface area contributed by atoms with Gasteiger partial charge in [0, 0.05) is 18.9 Å². The van der Waals surface area contributed by atoms with E-state index in [0.717, 1.165) is 38.4 Å². The molecule has 0 aromatic rings. The molecule has 1 rings (SSSR count). The molecule has 1 saturated carbocycles. The zero-order chi connectivity index (χ0) is 13.6. The fraction of sp³-hybridized carbons (Fsp3) is 0.867. The van der Waals surface area contributed by atoms with E-state index in [-0.39, 0.29) is 11.3 Å². The van der Waals surface area contributed by atoms with E-state index in [4.69, 9.17) is 0 Å². The quantitative estimate of drug-likeness (QED) is 0.765. The Bertz CT molecular complexity index is 273. The van der Waals surface area contributed by atoms with E-state index in [0.29, 0.717) is 24.8 Å². The Balaban J connectivity index is 2.20. The summed E-state index contributed by atoms with van der Waals surface area (Å²) < 4.78 is 0. The van der Waals surface area contributed by atoms with Crippen LogP contribution in [0.3, 0.4) is 0 Å². The Morgan fingerprint density at radius 3 is 2.33 bits per heavy atom. The van der Waals surface area contributed by atoms with Gasteiger partial charge in [-0.15, -0.1) is 0 Å². The summed E-state index contributed by atoms with van der Waals surface area (Å²) in [5.74, 6) is 0.731. The molecule has 0 spiro atoms. The third-order valence-corrected chi connectivity index (χ3v) is 3.74. The Kier molecular flexibility index (Phi) is 5.83. The molecule has 0 radical (unpaired) electrons. The van der Waals surface area contributed by atoms with Gasteiger partial charge >= 0.3 is 0 Å². The second-order valence-electron chi connectivity index (χ2n) is 6.75. The molecule has 0 aromatic carbocycles. The van der Waals surface area contributed by atoms with Gasteiger partial charge in [-0.3, -0.25) is 4.79 Å². The monoisotopic (exact) mass is 253 g/mol. The number of carbonyl (C=O) groups excluding carboxylic acids is 2. The highest BCUT2D eigenvalue weighted by Gasteiger charge is 2.22. The molecule has 1 N–H and O–H groups in total. The topological polar surface area (TPSA) is 46.2 Å². The maximum absolute atomic E-state index is 11.8. The number of hydrogen-bond acceptors (Lipinski definition) is 2. The molecule has 0 heterocycles. The van der Waals surface area contributed by atoms with Crippen LogP contribution in [-0.4, -0.2) is 18.2 Å². The average molecular weight is 253 g/mol. The molecular formula is C15H27NO2. The smallest absolute Gasteiger partial charge is 0.220 e. The van der Waals surface area contributed by atoms with Crippen LogP contribution in [0.25, 0.3) is 0 Å². The van der Waals surface area contributed by atoms with Crippen molar-refractivity contribution in [2.24, 2.45) is 11.3 Å². The van der Waals surface area contributed by atoms with Crippen LogP contribution < -0.4 is 5.32 Å². The van der Waals surface area contributed by atoms with Crippen LogP contribution in [0.4, 0.5) is 0 Å². The molecule has 18 heavy (non-hydrogen) atoms. The summed E-state index contributed by atoms with van der Waals surface area (Å²) in [5, 5.41) is 3.13. The first-order chi connectivity index (χ1) is 8.40. The summed E-state index contributed by atoms with van der Waals surface area (Å²) in [6.45, 7) is 6.47. The Labute approximate surface area is 111 Å². The van der Waals surface area contributed by atoms with Gasteiger partial charge in [-0.2, -0.15) is 0 Å². The van der Waals surface area contributed by atoms with Crippen LogP contribution in [0.15, 0.2) is 0 Å². The lowest BCUT2D eigenvalue weighted by Gasteiger charge is -2.28. The number of rotatable bonds is 5. The van der Waals surface area contributed by atoms with Crippen molar-refractivity contribution >= 4 is 12.2 Å². The first-order valence-corrected chi connectivity index (χ1v) is 7.14. The summed E-state index contributed by atoms with van der Waals surface area (Å²) in [7, 11) is 0. The predicted octanol–water partition coefficient (Wildman–Crippen LogP) is 3.08. The minimum Gasteiger partial charge on any atom is -0.353 e. The number of amides is 1. The molecule has 0 aliphatic heterocycles. The van der Waals surface area contributed by atoms with Crippen LogP contribution in [0, 0.1) is 11.3 Å². The van der Waals surface area contributed by atoms with Crippen LogP contribution in [0.1, 0.15) is 65.7 Å². The van der Waals surface area contributed by atoms with E-state index in [1.54, 1.807) is 0 Å². The molecule has 0 unspecified atom stereocenters. The fourth-order valence-electron chi connectivity index (χ4n) is 2.47. The first-order valence-electron chi connectivity index (χ1n) is 7.14. The lowest BCUT2D eigenvalue weighted by atomic mass is 9.84. The SMILES string of the molecule is CC(C)(C)CCC(=O)NC1CCC(CC=O)CC1. The van der Waals surface area contributed by atoms with Gasteiger partial charge in [0.1, 0.15) is 6.29 Å². The average Bonchev–Trinajstić information content (AvgIpc) is 2.29. The minimum absolute atomic E-state index is 0.184. The van der Waals surface area contributed by atoms with Gasteiger partial charge < -0.3 is 10.1 Å². The van der Waals surface area contributed by atoms with Crippen LogP contribution in [-0.2, 0) is 9.59 Å². The van der Waals surface area contributed by atoms with Crippen molar-refractivity contribution in [1.82, 2.24) is 5.32 Å². The van der Waals surface area contributed by atoms with Gasteiger partial charge in [0.15, 0.2) is 0 Å². The number of hydrogen-bond donors (Lipinski definition) is 1. The van der Waals surface area contributed by atoms with E-state index in [1.807, 2.05) is 0 Å². The molecule has 1 amide bonds. The highest BCUT2D eigenvalue weighted by Crippen LogP contribution is 2.26. The predicted molar refractivity (Wildman–Crippen MR) is 73.3 cm³/mol. The van der Waals surface area contributed by atoms with Crippen LogP contribution >= 0.6 is 0 Å². The van der Waals surface area contributed by atoms with Crippen molar-refractivity contribution in [3.05, 3.63) is 0 Å².